The van der Waals surface area contributed by atoms with Gasteiger partial charge < -0.3 is 9.84 Å². The Morgan fingerprint density at radius 3 is 2.84 bits per heavy atom. The Morgan fingerprint density at radius 2 is 2.16 bits per heavy atom. The van der Waals surface area contributed by atoms with E-state index in [4.69, 9.17) is 4.74 Å². The third kappa shape index (κ3) is 4.22. The molecule has 1 aliphatic rings. The van der Waals surface area contributed by atoms with Crippen LogP contribution in [0.2, 0.25) is 0 Å². The molecule has 4 rings (SSSR count). The van der Waals surface area contributed by atoms with Crippen LogP contribution in [0.4, 0.5) is 19.3 Å². The maximum absolute atomic E-state index is 14.8. The fraction of sp³-hybridized carbons (Fsp3) is 0.350. The average molecular weight is 430 g/mol. The largest absolute Gasteiger partial charge is 0.441 e. The number of halogens is 2. The van der Waals surface area contributed by atoms with Gasteiger partial charge in [0.15, 0.2) is 6.10 Å². The molecule has 1 amide bonds. The van der Waals surface area contributed by atoms with Crippen molar-refractivity contribution in [2.24, 2.45) is 0 Å². The highest BCUT2D eigenvalue weighted by atomic mass is 19.1. The fourth-order valence-corrected chi connectivity index (χ4v) is 3.23. The second-order valence-electron chi connectivity index (χ2n) is 7.06. The second kappa shape index (κ2) is 8.72. The summed E-state index contributed by atoms with van der Waals surface area (Å²) in [5.74, 6) is -0.185. The van der Waals surface area contributed by atoms with Crippen LogP contribution in [0.1, 0.15) is 13.3 Å². The number of pyridine rings is 1. The number of carbonyl (C=O) groups is 1. The number of aliphatic hydroxyl groups excluding tert-OH is 1. The first-order valence-corrected chi connectivity index (χ1v) is 9.76. The molecule has 1 saturated heterocycles. The third-order valence-electron chi connectivity index (χ3n) is 4.87. The number of nitrogens with zero attached hydrogens (tertiary/aromatic N) is 6. The Balaban J connectivity index is 1.52. The summed E-state index contributed by atoms with van der Waals surface area (Å²) in [6.07, 6.45) is -0.795. The van der Waals surface area contributed by atoms with Crippen LogP contribution in [0.5, 0.6) is 0 Å². The van der Waals surface area contributed by atoms with E-state index in [-0.39, 0.29) is 12.2 Å². The number of benzene rings is 1. The Kier molecular flexibility index (Phi) is 5.85. The highest BCUT2D eigenvalue weighted by Crippen LogP contribution is 2.30. The van der Waals surface area contributed by atoms with Crippen LogP contribution in [0.25, 0.3) is 22.6 Å². The van der Waals surface area contributed by atoms with E-state index in [1.165, 1.54) is 23.1 Å². The summed E-state index contributed by atoms with van der Waals surface area (Å²) < 4.78 is 32.4. The molecule has 0 radical (unpaired) electrons. The molecule has 1 aliphatic heterocycles. The number of hydrogen-bond donors (Lipinski definition) is 1. The number of hydrogen-bond acceptors (Lipinski definition) is 7. The van der Waals surface area contributed by atoms with E-state index in [1.54, 1.807) is 18.2 Å². The maximum Gasteiger partial charge on any atom is 0.414 e. The molecule has 1 N–H and O–H groups in total. The van der Waals surface area contributed by atoms with Crippen LogP contribution >= 0.6 is 0 Å². The molecule has 0 aliphatic carbocycles. The summed E-state index contributed by atoms with van der Waals surface area (Å²) in [5.41, 5.74) is 1.59. The van der Waals surface area contributed by atoms with E-state index in [1.807, 2.05) is 6.92 Å². The smallest absolute Gasteiger partial charge is 0.414 e. The second-order valence-corrected chi connectivity index (χ2v) is 7.06. The van der Waals surface area contributed by atoms with Crippen LogP contribution in [-0.4, -0.2) is 61.8 Å². The lowest BCUT2D eigenvalue weighted by molar-refractivity contribution is 0.0188. The first-order valence-electron chi connectivity index (χ1n) is 9.76. The molecular weight excluding hydrogens is 410 g/mol. The number of rotatable bonds is 7. The zero-order valence-corrected chi connectivity index (χ0v) is 16.7. The number of alkyl halides is 1. The van der Waals surface area contributed by atoms with Crippen molar-refractivity contribution in [1.29, 1.82) is 0 Å². The van der Waals surface area contributed by atoms with Crippen LogP contribution in [0, 0.1) is 5.82 Å². The van der Waals surface area contributed by atoms with E-state index < -0.39 is 30.8 Å². The van der Waals surface area contributed by atoms with Gasteiger partial charge in [-0.1, -0.05) is 13.0 Å². The molecule has 2 atom stereocenters. The van der Waals surface area contributed by atoms with Crippen molar-refractivity contribution in [3.8, 4) is 22.6 Å². The van der Waals surface area contributed by atoms with Gasteiger partial charge in [0.1, 0.15) is 24.3 Å². The number of aromatic nitrogens is 5. The molecule has 9 nitrogen and oxygen atoms in total. The monoisotopic (exact) mass is 430 g/mol. The van der Waals surface area contributed by atoms with Crippen LogP contribution in [-0.2, 0) is 11.3 Å². The third-order valence-corrected chi connectivity index (χ3v) is 4.87. The van der Waals surface area contributed by atoms with Gasteiger partial charge >= 0.3 is 6.09 Å². The predicted molar refractivity (Wildman–Crippen MR) is 106 cm³/mol. The molecule has 1 unspecified atom stereocenters. The molecule has 0 spiro atoms. The Hall–Kier alpha value is -3.47. The van der Waals surface area contributed by atoms with Crippen LogP contribution in [0.15, 0.2) is 36.5 Å². The zero-order valence-electron chi connectivity index (χ0n) is 16.7. The van der Waals surface area contributed by atoms with Gasteiger partial charge in [-0.15, -0.1) is 10.2 Å². The van der Waals surface area contributed by atoms with E-state index >= 15 is 0 Å². The molecule has 1 fully saturated rings. The maximum atomic E-state index is 14.8. The van der Waals surface area contributed by atoms with Crippen molar-refractivity contribution in [3.63, 3.8) is 0 Å². The molecule has 3 aromatic rings. The zero-order chi connectivity index (χ0) is 22.0. The van der Waals surface area contributed by atoms with Gasteiger partial charge in [0, 0.05) is 17.3 Å². The number of aliphatic hydroxyl groups is 1. The molecule has 162 valence electrons. The van der Waals surface area contributed by atoms with Gasteiger partial charge in [0.25, 0.3) is 0 Å². The van der Waals surface area contributed by atoms with E-state index in [0.29, 0.717) is 29.2 Å². The van der Waals surface area contributed by atoms with Crippen LogP contribution in [0.3, 0.4) is 0 Å². The summed E-state index contributed by atoms with van der Waals surface area (Å²) in [4.78, 5) is 18.9. The Morgan fingerprint density at radius 1 is 1.32 bits per heavy atom. The normalized spacial score (nSPS) is 17.1. The highest BCUT2D eigenvalue weighted by Gasteiger charge is 2.37. The van der Waals surface area contributed by atoms with Gasteiger partial charge in [-0.3, -0.25) is 9.88 Å². The number of amides is 1. The average Bonchev–Trinajstić information content (AvgIpc) is 3.40. The van der Waals surface area contributed by atoms with Gasteiger partial charge in [-0.05, 0) is 35.9 Å². The fourth-order valence-electron chi connectivity index (χ4n) is 3.23. The van der Waals surface area contributed by atoms with Crippen molar-refractivity contribution >= 4 is 11.8 Å². The topological polar surface area (TPSA) is 106 Å². The predicted octanol–water partition coefficient (Wildman–Crippen LogP) is 2.61. The van der Waals surface area contributed by atoms with E-state index in [2.05, 4.69) is 20.4 Å². The van der Waals surface area contributed by atoms with Crippen molar-refractivity contribution in [1.82, 2.24) is 25.2 Å². The van der Waals surface area contributed by atoms with Gasteiger partial charge in [0.2, 0.25) is 5.82 Å². The molecule has 0 bridgehead atoms. The Bertz CT molecular complexity index is 1080. The first kappa shape index (κ1) is 20.8. The highest BCUT2D eigenvalue weighted by molar-refractivity contribution is 5.90. The number of tetrazole rings is 1. The molecule has 11 heteroatoms. The van der Waals surface area contributed by atoms with Crippen molar-refractivity contribution in [3.05, 3.63) is 42.3 Å². The quantitative estimate of drug-likeness (QED) is 0.614. The van der Waals surface area contributed by atoms with Gasteiger partial charge in [0.05, 0.1) is 18.8 Å². The lowest BCUT2D eigenvalue weighted by Crippen LogP contribution is -2.32. The lowest BCUT2D eigenvalue weighted by atomic mass is 10.1. The molecule has 3 heterocycles. The summed E-state index contributed by atoms with van der Waals surface area (Å²) in [6.45, 7) is 1.56. The van der Waals surface area contributed by atoms with E-state index in [9.17, 15) is 18.7 Å². The number of ether oxygens (including phenoxy) is 1. The standard InChI is InChI=1S/C20H20F2N6O3/c1-2-7-28-25-19(24-26-28)16-6-3-12(10-23-16)14-5-4-13(8-15(14)22)27-11-18(17(29)9-21)31-20(27)30/h3-6,8,10,17-18,29H,2,7,9,11H2,1H3/t17?,18-/m1/s1. The van der Waals surface area contributed by atoms with E-state index in [0.717, 1.165) is 11.3 Å². The number of aryl methyl sites for hydroxylation is 1. The number of cyclic esters (lactones) is 1. The first-order chi connectivity index (χ1) is 15.0. The van der Waals surface area contributed by atoms with Crippen LogP contribution < -0.4 is 4.90 Å². The number of anilines is 1. The summed E-state index contributed by atoms with van der Waals surface area (Å²) in [5, 5.41) is 21.7. The minimum Gasteiger partial charge on any atom is -0.441 e. The molecule has 0 saturated carbocycles. The number of carbonyl (C=O) groups excluding carboxylic acids is 1. The minimum absolute atomic E-state index is 0.0648. The molecule has 2 aromatic heterocycles. The molecular formula is C20H20F2N6O3. The lowest BCUT2D eigenvalue weighted by Gasteiger charge is -2.15. The van der Waals surface area contributed by atoms with Crippen molar-refractivity contribution in [2.75, 3.05) is 18.1 Å². The Labute approximate surface area is 176 Å². The van der Waals surface area contributed by atoms with Gasteiger partial charge in [-0.2, -0.15) is 4.80 Å². The SMILES string of the molecule is CCCn1nnc(-c2ccc(-c3ccc(N4C[C@H](C(O)CF)OC4=O)cc3F)cn2)n1. The van der Waals surface area contributed by atoms with Crippen molar-refractivity contribution < 1.29 is 23.4 Å². The molecule has 31 heavy (non-hydrogen) atoms. The van der Waals surface area contributed by atoms with Gasteiger partial charge in [-0.25, -0.2) is 13.6 Å². The summed E-state index contributed by atoms with van der Waals surface area (Å²) in [6, 6.07) is 7.63. The minimum atomic E-state index is -1.42. The summed E-state index contributed by atoms with van der Waals surface area (Å²) >= 11 is 0. The van der Waals surface area contributed by atoms with Crippen molar-refractivity contribution in [2.45, 2.75) is 32.1 Å². The molecule has 1 aromatic carbocycles. The summed E-state index contributed by atoms with van der Waals surface area (Å²) in [7, 11) is 0.